The van der Waals surface area contributed by atoms with Crippen LogP contribution in [-0.4, -0.2) is 48.2 Å². The molecule has 2 atom stereocenters. The minimum atomic E-state index is -3.16. The SMILES string of the molecule is CC(C)CN1C[C@@H]2c3nc(Nc4ccccc4)ncc3CS(=O)(=O)[C@@H]2C1. The van der Waals surface area contributed by atoms with E-state index >= 15 is 0 Å². The van der Waals surface area contributed by atoms with Gasteiger partial charge in [0.1, 0.15) is 0 Å². The number of aromatic nitrogens is 2. The lowest BCUT2D eigenvalue weighted by Gasteiger charge is -2.26. The van der Waals surface area contributed by atoms with Crippen LogP contribution in [-0.2, 0) is 15.6 Å². The molecule has 2 aliphatic heterocycles. The van der Waals surface area contributed by atoms with Crippen molar-refractivity contribution in [2.24, 2.45) is 5.92 Å². The van der Waals surface area contributed by atoms with Gasteiger partial charge >= 0.3 is 0 Å². The Morgan fingerprint density at radius 2 is 2.00 bits per heavy atom. The van der Waals surface area contributed by atoms with Crippen LogP contribution in [0.3, 0.4) is 0 Å². The molecule has 1 aromatic heterocycles. The van der Waals surface area contributed by atoms with Crippen molar-refractivity contribution in [2.75, 3.05) is 25.0 Å². The lowest BCUT2D eigenvalue weighted by molar-refractivity contribution is 0.294. The summed E-state index contributed by atoms with van der Waals surface area (Å²) >= 11 is 0. The first-order valence-corrected chi connectivity index (χ1v) is 10.8. The van der Waals surface area contributed by atoms with Crippen molar-refractivity contribution in [1.82, 2.24) is 14.9 Å². The highest BCUT2D eigenvalue weighted by molar-refractivity contribution is 7.91. The normalized spacial score (nSPS) is 24.3. The maximum Gasteiger partial charge on any atom is 0.227 e. The molecule has 6 nitrogen and oxygen atoms in total. The Morgan fingerprint density at radius 3 is 2.73 bits per heavy atom. The Labute approximate surface area is 154 Å². The molecule has 26 heavy (non-hydrogen) atoms. The molecular weight excluding hydrogens is 348 g/mol. The number of anilines is 2. The molecule has 0 unspecified atom stereocenters. The van der Waals surface area contributed by atoms with Gasteiger partial charge < -0.3 is 10.2 Å². The first kappa shape index (κ1) is 17.4. The molecule has 0 spiro atoms. The average molecular weight is 372 g/mol. The van der Waals surface area contributed by atoms with Crippen LogP contribution in [0.1, 0.15) is 31.0 Å². The number of rotatable bonds is 4. The quantitative estimate of drug-likeness (QED) is 0.889. The fourth-order valence-corrected chi connectivity index (χ4v) is 6.05. The predicted molar refractivity (Wildman–Crippen MR) is 102 cm³/mol. The predicted octanol–water partition coefficient (Wildman–Crippen LogP) is 2.57. The van der Waals surface area contributed by atoms with Gasteiger partial charge in [0, 0.05) is 43.0 Å². The lowest BCUT2D eigenvalue weighted by atomic mass is 10.00. The van der Waals surface area contributed by atoms with Crippen LogP contribution >= 0.6 is 0 Å². The maximum absolute atomic E-state index is 12.7. The van der Waals surface area contributed by atoms with Gasteiger partial charge in [0.25, 0.3) is 0 Å². The van der Waals surface area contributed by atoms with E-state index in [-0.39, 0.29) is 16.9 Å². The van der Waals surface area contributed by atoms with E-state index < -0.39 is 9.84 Å². The summed E-state index contributed by atoms with van der Waals surface area (Å²) in [6.07, 6.45) is 1.67. The number of nitrogens with zero attached hydrogens (tertiary/aromatic N) is 3. The highest BCUT2D eigenvalue weighted by atomic mass is 32.2. The highest BCUT2D eigenvalue weighted by Gasteiger charge is 2.47. The number of sulfone groups is 1. The summed E-state index contributed by atoms with van der Waals surface area (Å²) in [5.74, 6) is 1.01. The minimum Gasteiger partial charge on any atom is -0.324 e. The number of likely N-dealkylation sites (tertiary alicyclic amines) is 1. The van der Waals surface area contributed by atoms with Crippen LogP contribution in [0.25, 0.3) is 0 Å². The second-order valence-electron chi connectivity index (χ2n) is 7.66. The van der Waals surface area contributed by atoms with E-state index in [1.54, 1.807) is 6.20 Å². The van der Waals surface area contributed by atoms with E-state index in [1.807, 2.05) is 30.3 Å². The van der Waals surface area contributed by atoms with Crippen molar-refractivity contribution < 1.29 is 8.42 Å². The Hall–Kier alpha value is -1.99. The van der Waals surface area contributed by atoms with Crippen molar-refractivity contribution in [2.45, 2.75) is 30.8 Å². The molecule has 0 aliphatic carbocycles. The van der Waals surface area contributed by atoms with Gasteiger partial charge in [-0.05, 0) is 18.1 Å². The van der Waals surface area contributed by atoms with Crippen LogP contribution < -0.4 is 5.32 Å². The number of benzene rings is 1. The average Bonchev–Trinajstić information content (AvgIpc) is 3.01. The van der Waals surface area contributed by atoms with Gasteiger partial charge in [0.2, 0.25) is 5.95 Å². The second kappa shape index (κ2) is 6.63. The molecule has 138 valence electrons. The molecule has 4 rings (SSSR count). The molecule has 0 amide bonds. The highest BCUT2D eigenvalue weighted by Crippen LogP contribution is 2.39. The summed E-state index contributed by atoms with van der Waals surface area (Å²) in [4.78, 5) is 11.3. The van der Waals surface area contributed by atoms with E-state index in [1.165, 1.54) is 0 Å². The van der Waals surface area contributed by atoms with Gasteiger partial charge in [-0.25, -0.2) is 18.4 Å². The Balaban J connectivity index is 1.65. The summed E-state index contributed by atoms with van der Waals surface area (Å²) < 4.78 is 25.5. The lowest BCUT2D eigenvalue weighted by Crippen LogP contribution is -2.35. The first-order chi connectivity index (χ1) is 12.4. The molecule has 1 N–H and O–H groups in total. The number of hydrogen-bond acceptors (Lipinski definition) is 6. The van der Waals surface area contributed by atoms with Crippen LogP contribution in [0.15, 0.2) is 36.5 Å². The third kappa shape index (κ3) is 3.33. The van der Waals surface area contributed by atoms with Crippen molar-refractivity contribution >= 4 is 21.5 Å². The van der Waals surface area contributed by atoms with Gasteiger partial charge in [-0.15, -0.1) is 0 Å². The van der Waals surface area contributed by atoms with Gasteiger partial charge in [-0.2, -0.15) is 0 Å². The van der Waals surface area contributed by atoms with Crippen LogP contribution in [0.4, 0.5) is 11.6 Å². The first-order valence-electron chi connectivity index (χ1n) is 9.04. The standard InChI is InChI=1S/C19H24N4O2S/c1-13(2)9-23-10-16-17(11-23)26(24,25)12-14-8-20-19(22-18(14)16)21-15-6-4-3-5-7-15/h3-8,13,16-17H,9-12H2,1-2H3,(H,20,21,22)/t16-,17+/m0/s1. The molecule has 2 aromatic rings. The molecule has 1 aromatic carbocycles. The van der Waals surface area contributed by atoms with Crippen molar-refractivity contribution in [3.05, 3.63) is 47.8 Å². The number of fused-ring (bicyclic) bond motifs is 3. The molecule has 0 radical (unpaired) electrons. The molecule has 1 saturated heterocycles. The van der Waals surface area contributed by atoms with E-state index in [9.17, 15) is 8.42 Å². The minimum absolute atomic E-state index is 0.0463. The van der Waals surface area contributed by atoms with E-state index in [2.05, 4.69) is 29.0 Å². The fraction of sp³-hybridized carbons (Fsp3) is 0.474. The largest absolute Gasteiger partial charge is 0.324 e. The van der Waals surface area contributed by atoms with Crippen molar-refractivity contribution in [1.29, 1.82) is 0 Å². The maximum atomic E-state index is 12.7. The zero-order valence-electron chi connectivity index (χ0n) is 15.1. The van der Waals surface area contributed by atoms with Gasteiger partial charge in [-0.1, -0.05) is 32.0 Å². The molecule has 0 saturated carbocycles. The molecule has 1 fully saturated rings. The van der Waals surface area contributed by atoms with Crippen molar-refractivity contribution in [3.63, 3.8) is 0 Å². The van der Waals surface area contributed by atoms with Crippen LogP contribution in [0.2, 0.25) is 0 Å². The molecule has 0 bridgehead atoms. The fourth-order valence-electron chi connectivity index (χ4n) is 4.03. The molecule has 7 heteroatoms. The van der Waals surface area contributed by atoms with Gasteiger partial charge in [-0.3, -0.25) is 0 Å². The van der Waals surface area contributed by atoms with Gasteiger partial charge in [0.05, 0.1) is 16.7 Å². The Morgan fingerprint density at radius 1 is 1.23 bits per heavy atom. The number of para-hydroxylation sites is 1. The molecule has 3 heterocycles. The monoisotopic (exact) mass is 372 g/mol. The number of nitrogens with one attached hydrogen (secondary N) is 1. The summed E-state index contributed by atoms with van der Waals surface area (Å²) in [7, 11) is -3.16. The van der Waals surface area contributed by atoms with E-state index in [0.717, 1.165) is 30.0 Å². The van der Waals surface area contributed by atoms with Crippen LogP contribution in [0.5, 0.6) is 0 Å². The third-order valence-corrected chi connectivity index (χ3v) is 7.18. The summed E-state index contributed by atoms with van der Waals surface area (Å²) in [5, 5.41) is 2.86. The molecular formula is C19H24N4O2S. The third-order valence-electron chi connectivity index (χ3n) is 5.06. The number of hydrogen-bond donors (Lipinski definition) is 1. The zero-order chi connectivity index (χ0) is 18.3. The Bertz CT molecular complexity index is 899. The van der Waals surface area contributed by atoms with E-state index in [0.29, 0.717) is 18.4 Å². The van der Waals surface area contributed by atoms with Crippen LogP contribution in [0, 0.1) is 5.92 Å². The smallest absolute Gasteiger partial charge is 0.227 e. The van der Waals surface area contributed by atoms with Crippen molar-refractivity contribution in [3.8, 4) is 0 Å². The second-order valence-corrected chi connectivity index (χ2v) is 9.88. The summed E-state index contributed by atoms with van der Waals surface area (Å²) in [6, 6.07) is 9.76. The van der Waals surface area contributed by atoms with Gasteiger partial charge in [0.15, 0.2) is 9.84 Å². The summed E-state index contributed by atoms with van der Waals surface area (Å²) in [6.45, 7) is 6.59. The zero-order valence-corrected chi connectivity index (χ0v) is 15.9. The Kier molecular flexibility index (Phi) is 4.44. The topological polar surface area (TPSA) is 75.2 Å². The van der Waals surface area contributed by atoms with E-state index in [4.69, 9.17) is 4.98 Å². The summed E-state index contributed by atoms with van der Waals surface area (Å²) in [5.41, 5.74) is 2.56. The molecule has 2 aliphatic rings.